The minimum Gasteiger partial charge on any atom is -0.455 e. The molecule has 0 aliphatic rings. The van der Waals surface area contributed by atoms with E-state index >= 15 is 0 Å². The van der Waals surface area contributed by atoms with Crippen LogP contribution in [0.25, 0.3) is 0 Å². The van der Waals surface area contributed by atoms with Gasteiger partial charge in [0, 0.05) is 12.1 Å². The van der Waals surface area contributed by atoms with Crippen LogP contribution in [0.2, 0.25) is 5.02 Å². The van der Waals surface area contributed by atoms with Gasteiger partial charge in [0.25, 0.3) is 0 Å². The lowest BCUT2D eigenvalue weighted by Gasteiger charge is -2.18. The SMILES string of the molecule is Cc1ccc(S(=O)(=O)N(C)CC(=O)Nc2cc(Cl)ccc2Oc2ccccc2)cc1. The molecule has 0 saturated heterocycles. The Morgan fingerprint density at radius 1 is 1.03 bits per heavy atom. The second-order valence-corrected chi connectivity index (χ2v) is 9.16. The van der Waals surface area contributed by atoms with Crippen LogP contribution in [0.15, 0.2) is 77.7 Å². The van der Waals surface area contributed by atoms with Gasteiger partial charge in [-0.2, -0.15) is 4.31 Å². The van der Waals surface area contributed by atoms with E-state index in [2.05, 4.69) is 5.32 Å². The Bertz CT molecular complexity index is 1130. The molecule has 0 aliphatic heterocycles. The lowest BCUT2D eigenvalue weighted by atomic mass is 10.2. The number of carbonyl (C=O) groups is 1. The van der Waals surface area contributed by atoms with Gasteiger partial charge in [0.05, 0.1) is 17.1 Å². The highest BCUT2D eigenvalue weighted by molar-refractivity contribution is 7.89. The maximum Gasteiger partial charge on any atom is 0.243 e. The highest BCUT2D eigenvalue weighted by atomic mass is 35.5. The highest BCUT2D eigenvalue weighted by Crippen LogP contribution is 2.32. The van der Waals surface area contributed by atoms with Crippen LogP contribution in [-0.4, -0.2) is 32.2 Å². The van der Waals surface area contributed by atoms with Gasteiger partial charge < -0.3 is 10.1 Å². The van der Waals surface area contributed by atoms with Gasteiger partial charge in [-0.25, -0.2) is 8.42 Å². The summed E-state index contributed by atoms with van der Waals surface area (Å²) in [4.78, 5) is 12.7. The molecule has 0 aromatic heterocycles. The van der Waals surface area contributed by atoms with Crippen molar-refractivity contribution in [3.05, 3.63) is 83.4 Å². The van der Waals surface area contributed by atoms with Crippen molar-refractivity contribution in [2.45, 2.75) is 11.8 Å². The number of benzene rings is 3. The predicted molar refractivity (Wildman–Crippen MR) is 118 cm³/mol. The van der Waals surface area contributed by atoms with Crippen molar-refractivity contribution in [3.8, 4) is 11.5 Å². The first-order chi connectivity index (χ1) is 14.3. The van der Waals surface area contributed by atoms with Crippen LogP contribution < -0.4 is 10.1 Å². The third-order valence-corrected chi connectivity index (χ3v) is 6.33. The van der Waals surface area contributed by atoms with E-state index in [0.717, 1.165) is 9.87 Å². The molecule has 3 rings (SSSR count). The molecular formula is C22H21ClN2O4S. The second-order valence-electron chi connectivity index (χ2n) is 6.68. The van der Waals surface area contributed by atoms with Crippen molar-refractivity contribution in [2.75, 3.05) is 18.9 Å². The van der Waals surface area contributed by atoms with Gasteiger partial charge in [-0.15, -0.1) is 0 Å². The zero-order chi connectivity index (χ0) is 21.7. The molecule has 0 aliphatic carbocycles. The quantitative estimate of drug-likeness (QED) is 0.573. The van der Waals surface area contributed by atoms with Crippen molar-refractivity contribution in [1.82, 2.24) is 4.31 Å². The number of aryl methyl sites for hydroxylation is 1. The Balaban J connectivity index is 1.74. The number of ether oxygens (including phenoxy) is 1. The number of nitrogens with zero attached hydrogens (tertiary/aromatic N) is 1. The van der Waals surface area contributed by atoms with Crippen LogP contribution in [0.5, 0.6) is 11.5 Å². The number of hydrogen-bond donors (Lipinski definition) is 1. The molecule has 156 valence electrons. The van der Waals surface area contributed by atoms with Crippen molar-refractivity contribution in [2.24, 2.45) is 0 Å². The van der Waals surface area contributed by atoms with Crippen LogP contribution in [0.3, 0.4) is 0 Å². The molecular weight excluding hydrogens is 424 g/mol. The molecule has 0 unspecified atom stereocenters. The topological polar surface area (TPSA) is 75.7 Å². The average Bonchev–Trinajstić information content (AvgIpc) is 2.71. The van der Waals surface area contributed by atoms with E-state index in [-0.39, 0.29) is 11.4 Å². The molecule has 1 amide bonds. The molecule has 0 heterocycles. The molecule has 0 saturated carbocycles. The smallest absolute Gasteiger partial charge is 0.243 e. The molecule has 3 aromatic rings. The van der Waals surface area contributed by atoms with Gasteiger partial charge in [-0.3, -0.25) is 4.79 Å². The van der Waals surface area contributed by atoms with Crippen molar-refractivity contribution >= 4 is 33.2 Å². The Morgan fingerprint density at radius 3 is 2.37 bits per heavy atom. The number of nitrogens with one attached hydrogen (secondary N) is 1. The molecule has 0 atom stereocenters. The molecule has 0 spiro atoms. The summed E-state index contributed by atoms with van der Waals surface area (Å²) in [5.74, 6) is 0.464. The molecule has 8 heteroatoms. The summed E-state index contributed by atoms with van der Waals surface area (Å²) in [6, 6.07) is 20.4. The monoisotopic (exact) mass is 444 g/mol. The third kappa shape index (κ3) is 5.38. The van der Waals surface area contributed by atoms with Crippen LogP contribution >= 0.6 is 11.6 Å². The number of para-hydroxylation sites is 1. The lowest BCUT2D eigenvalue weighted by molar-refractivity contribution is -0.116. The van der Waals surface area contributed by atoms with E-state index in [1.54, 1.807) is 42.5 Å². The first-order valence-corrected chi connectivity index (χ1v) is 10.9. The number of hydrogen-bond acceptors (Lipinski definition) is 4. The normalized spacial score (nSPS) is 11.3. The fraction of sp³-hybridized carbons (Fsp3) is 0.136. The molecule has 6 nitrogen and oxygen atoms in total. The molecule has 0 fully saturated rings. The fourth-order valence-corrected chi connectivity index (χ4v) is 3.97. The minimum absolute atomic E-state index is 0.124. The van der Waals surface area contributed by atoms with E-state index in [4.69, 9.17) is 16.3 Å². The number of rotatable bonds is 7. The zero-order valence-corrected chi connectivity index (χ0v) is 18.1. The van der Waals surface area contributed by atoms with Gasteiger partial charge in [-0.1, -0.05) is 47.5 Å². The number of sulfonamides is 1. The van der Waals surface area contributed by atoms with Crippen LogP contribution in [0.1, 0.15) is 5.56 Å². The highest BCUT2D eigenvalue weighted by Gasteiger charge is 2.23. The standard InChI is InChI=1S/C22H21ClN2O4S/c1-16-8-11-19(12-9-16)30(27,28)25(2)15-22(26)24-20-14-17(23)10-13-21(20)29-18-6-4-3-5-7-18/h3-14H,15H2,1-2H3,(H,24,26). The maximum atomic E-state index is 12.7. The predicted octanol–water partition coefficient (Wildman–Crippen LogP) is 4.70. The van der Waals surface area contributed by atoms with Crippen molar-refractivity contribution in [1.29, 1.82) is 0 Å². The fourth-order valence-electron chi connectivity index (χ4n) is 2.67. The summed E-state index contributed by atoms with van der Waals surface area (Å²) in [6.07, 6.45) is 0. The summed E-state index contributed by atoms with van der Waals surface area (Å²) in [7, 11) is -2.44. The number of amides is 1. The second kappa shape index (κ2) is 9.30. The number of likely N-dealkylation sites (N-methyl/N-ethyl adjacent to an activating group) is 1. The largest absolute Gasteiger partial charge is 0.455 e. The van der Waals surface area contributed by atoms with E-state index < -0.39 is 15.9 Å². The van der Waals surface area contributed by atoms with Crippen LogP contribution in [0, 0.1) is 6.92 Å². The first kappa shape index (κ1) is 21.8. The average molecular weight is 445 g/mol. The maximum absolute atomic E-state index is 12.7. The molecule has 0 bridgehead atoms. The number of halogens is 1. The summed E-state index contributed by atoms with van der Waals surface area (Å²) in [6.45, 7) is 1.50. The van der Waals surface area contributed by atoms with Crippen LogP contribution in [0.4, 0.5) is 5.69 Å². The zero-order valence-electron chi connectivity index (χ0n) is 16.5. The Labute approximate surface area is 181 Å². The Hall–Kier alpha value is -2.87. The third-order valence-electron chi connectivity index (χ3n) is 4.28. The molecule has 1 N–H and O–H groups in total. The molecule has 3 aromatic carbocycles. The van der Waals surface area contributed by atoms with Gasteiger partial charge in [-0.05, 0) is 49.4 Å². The van der Waals surface area contributed by atoms with Gasteiger partial charge >= 0.3 is 0 Å². The first-order valence-electron chi connectivity index (χ1n) is 9.11. The van der Waals surface area contributed by atoms with E-state index in [1.807, 2.05) is 25.1 Å². The summed E-state index contributed by atoms with van der Waals surface area (Å²) >= 11 is 6.06. The van der Waals surface area contributed by atoms with Gasteiger partial charge in [0.1, 0.15) is 5.75 Å². The van der Waals surface area contributed by atoms with E-state index in [9.17, 15) is 13.2 Å². The van der Waals surface area contributed by atoms with Crippen molar-refractivity contribution in [3.63, 3.8) is 0 Å². The van der Waals surface area contributed by atoms with Crippen molar-refractivity contribution < 1.29 is 17.9 Å². The Morgan fingerprint density at radius 2 is 1.70 bits per heavy atom. The van der Waals surface area contributed by atoms with E-state index in [0.29, 0.717) is 22.2 Å². The van der Waals surface area contributed by atoms with Gasteiger partial charge in [0.2, 0.25) is 15.9 Å². The summed E-state index contributed by atoms with van der Waals surface area (Å²) in [5, 5.41) is 3.09. The van der Waals surface area contributed by atoms with Gasteiger partial charge in [0.15, 0.2) is 5.75 Å². The molecule has 0 radical (unpaired) electrons. The van der Waals surface area contributed by atoms with E-state index in [1.165, 1.54) is 19.2 Å². The number of anilines is 1. The lowest BCUT2D eigenvalue weighted by Crippen LogP contribution is -2.35. The molecule has 30 heavy (non-hydrogen) atoms. The summed E-state index contributed by atoms with van der Waals surface area (Å²) in [5.41, 5.74) is 1.29. The minimum atomic E-state index is -3.79. The summed E-state index contributed by atoms with van der Waals surface area (Å²) < 4.78 is 32.2. The number of carbonyl (C=O) groups excluding carboxylic acids is 1. The Kier molecular flexibility index (Phi) is 6.77. The van der Waals surface area contributed by atoms with Crippen LogP contribution in [-0.2, 0) is 14.8 Å².